The van der Waals surface area contributed by atoms with Crippen LogP contribution in [0.1, 0.15) is 25.3 Å². The first-order valence-electron chi connectivity index (χ1n) is 6.02. The first-order chi connectivity index (χ1) is 8.54. The molecule has 0 spiro atoms. The molecule has 0 unspecified atom stereocenters. The standard InChI is InChI=1S/C14H16O3S.H3N/c1-2-3-6-11-9-10-14(18(15,16)17)13-8-5-4-7-12(11)13;/h4-5,7-10H,2-3,6H2,1H3,(H,15,16,17);1H3. The Morgan fingerprint density at radius 2 is 1.68 bits per heavy atom. The van der Waals surface area contributed by atoms with E-state index in [9.17, 15) is 13.0 Å². The van der Waals surface area contributed by atoms with Gasteiger partial charge >= 0.3 is 0 Å². The minimum Gasteiger partial charge on any atom is -0.344 e. The van der Waals surface area contributed by atoms with E-state index in [1.54, 1.807) is 18.2 Å². The van der Waals surface area contributed by atoms with Crippen LogP contribution < -0.4 is 6.15 Å². The van der Waals surface area contributed by atoms with Gasteiger partial charge in [-0.2, -0.15) is 8.42 Å². The third kappa shape index (κ3) is 3.32. The molecule has 5 heteroatoms. The van der Waals surface area contributed by atoms with Crippen molar-refractivity contribution < 1.29 is 13.0 Å². The van der Waals surface area contributed by atoms with Crippen molar-refractivity contribution in [2.45, 2.75) is 31.1 Å². The van der Waals surface area contributed by atoms with Gasteiger partial charge in [0.05, 0.1) is 0 Å². The maximum absolute atomic E-state index is 11.3. The van der Waals surface area contributed by atoms with Gasteiger partial charge in [-0.3, -0.25) is 4.55 Å². The molecule has 0 saturated heterocycles. The molecule has 0 amide bonds. The van der Waals surface area contributed by atoms with Crippen molar-refractivity contribution in [3.05, 3.63) is 42.0 Å². The molecule has 2 aromatic rings. The summed E-state index contributed by atoms with van der Waals surface area (Å²) in [6.45, 7) is 2.12. The van der Waals surface area contributed by atoms with Crippen LogP contribution in [0.4, 0.5) is 0 Å². The number of hydrogen-bond acceptors (Lipinski definition) is 3. The van der Waals surface area contributed by atoms with Crippen molar-refractivity contribution in [3.8, 4) is 0 Å². The van der Waals surface area contributed by atoms with Crippen molar-refractivity contribution >= 4 is 20.9 Å². The van der Waals surface area contributed by atoms with Gasteiger partial charge in [0.2, 0.25) is 0 Å². The second-order valence-electron chi connectivity index (χ2n) is 4.35. The summed E-state index contributed by atoms with van der Waals surface area (Å²) < 4.78 is 31.9. The Kier molecular flexibility index (Phi) is 5.05. The third-order valence-electron chi connectivity index (χ3n) is 3.05. The molecule has 4 N–H and O–H groups in total. The normalized spacial score (nSPS) is 11.3. The summed E-state index contributed by atoms with van der Waals surface area (Å²) in [4.78, 5) is -0.0154. The summed E-state index contributed by atoms with van der Waals surface area (Å²) in [7, 11) is -4.17. The van der Waals surface area contributed by atoms with Crippen molar-refractivity contribution in [1.29, 1.82) is 0 Å². The monoisotopic (exact) mass is 281 g/mol. The Morgan fingerprint density at radius 3 is 2.26 bits per heavy atom. The lowest BCUT2D eigenvalue weighted by Crippen LogP contribution is -2.00. The molecule has 0 bridgehead atoms. The summed E-state index contributed by atoms with van der Waals surface area (Å²) in [6.07, 6.45) is 3.08. The molecule has 0 atom stereocenters. The summed E-state index contributed by atoms with van der Waals surface area (Å²) in [5.74, 6) is 0. The Hall–Kier alpha value is -1.43. The lowest BCUT2D eigenvalue weighted by molar-refractivity contribution is 0.484. The molecule has 19 heavy (non-hydrogen) atoms. The number of rotatable bonds is 4. The highest BCUT2D eigenvalue weighted by molar-refractivity contribution is 7.86. The number of fused-ring (bicyclic) bond motifs is 1. The fraction of sp³-hybridized carbons (Fsp3) is 0.286. The minimum absolute atomic E-state index is 0. The number of hydrogen-bond donors (Lipinski definition) is 2. The number of benzene rings is 2. The Morgan fingerprint density at radius 1 is 1.05 bits per heavy atom. The van der Waals surface area contributed by atoms with Gasteiger partial charge in [0, 0.05) is 5.39 Å². The zero-order valence-corrected chi connectivity index (χ0v) is 11.8. The SMILES string of the molecule is CCCCc1ccc(S(=O)(=O)O)c2ccccc12.N. The van der Waals surface area contributed by atoms with Crippen LogP contribution in [-0.2, 0) is 16.5 Å². The van der Waals surface area contributed by atoms with E-state index in [4.69, 9.17) is 0 Å². The molecule has 4 nitrogen and oxygen atoms in total. The van der Waals surface area contributed by atoms with E-state index in [-0.39, 0.29) is 11.0 Å². The van der Waals surface area contributed by atoms with Crippen molar-refractivity contribution in [2.24, 2.45) is 0 Å². The van der Waals surface area contributed by atoms with Crippen LogP contribution in [0.5, 0.6) is 0 Å². The molecule has 0 saturated carbocycles. The van der Waals surface area contributed by atoms with Crippen molar-refractivity contribution in [3.63, 3.8) is 0 Å². The minimum atomic E-state index is -4.17. The highest BCUT2D eigenvalue weighted by atomic mass is 32.2. The lowest BCUT2D eigenvalue weighted by Gasteiger charge is -2.09. The molecule has 0 fully saturated rings. The summed E-state index contributed by atoms with van der Waals surface area (Å²) in [6, 6.07) is 10.6. The Bertz CT molecular complexity index is 665. The van der Waals surface area contributed by atoms with E-state index in [0.717, 1.165) is 30.2 Å². The fourth-order valence-corrected chi connectivity index (χ4v) is 2.84. The van der Waals surface area contributed by atoms with E-state index >= 15 is 0 Å². The number of aryl methyl sites for hydroxylation is 1. The zero-order chi connectivity index (χ0) is 13.2. The third-order valence-corrected chi connectivity index (χ3v) is 3.96. The van der Waals surface area contributed by atoms with Gasteiger partial charge in [-0.15, -0.1) is 0 Å². The second kappa shape index (κ2) is 6.14. The van der Waals surface area contributed by atoms with E-state index in [2.05, 4.69) is 6.92 Å². The smallest absolute Gasteiger partial charge is 0.295 e. The maximum atomic E-state index is 11.3. The topological polar surface area (TPSA) is 89.4 Å². The van der Waals surface area contributed by atoms with Crippen LogP contribution in [0.2, 0.25) is 0 Å². The highest BCUT2D eigenvalue weighted by Gasteiger charge is 2.15. The average molecular weight is 281 g/mol. The molecular weight excluding hydrogens is 262 g/mol. The van der Waals surface area contributed by atoms with E-state index in [1.807, 2.05) is 12.1 Å². The molecule has 0 aliphatic heterocycles. The molecule has 0 aliphatic rings. The predicted octanol–water partition coefficient (Wildman–Crippen LogP) is 3.59. The Labute approximate surface area is 113 Å². The quantitative estimate of drug-likeness (QED) is 0.838. The molecule has 104 valence electrons. The van der Waals surface area contributed by atoms with Gasteiger partial charge in [-0.05, 0) is 29.9 Å². The zero-order valence-electron chi connectivity index (χ0n) is 11.0. The van der Waals surface area contributed by atoms with E-state index in [1.165, 1.54) is 6.07 Å². The summed E-state index contributed by atoms with van der Waals surface area (Å²) >= 11 is 0. The molecule has 0 radical (unpaired) electrons. The lowest BCUT2D eigenvalue weighted by atomic mass is 10.0. The van der Waals surface area contributed by atoms with Gasteiger partial charge in [0.25, 0.3) is 10.1 Å². The fourth-order valence-electron chi connectivity index (χ4n) is 2.14. The van der Waals surface area contributed by atoms with Crippen LogP contribution in [-0.4, -0.2) is 13.0 Å². The molecule has 2 aromatic carbocycles. The van der Waals surface area contributed by atoms with Crippen LogP contribution in [0.15, 0.2) is 41.3 Å². The van der Waals surface area contributed by atoms with Gasteiger partial charge in [0.15, 0.2) is 0 Å². The van der Waals surface area contributed by atoms with Gasteiger partial charge < -0.3 is 6.15 Å². The predicted molar refractivity (Wildman–Crippen MR) is 77.4 cm³/mol. The number of unbranched alkanes of at least 4 members (excludes halogenated alkanes) is 1. The summed E-state index contributed by atoms with van der Waals surface area (Å²) in [5, 5.41) is 1.50. The van der Waals surface area contributed by atoms with Crippen LogP contribution >= 0.6 is 0 Å². The van der Waals surface area contributed by atoms with Gasteiger partial charge in [0.1, 0.15) is 4.90 Å². The van der Waals surface area contributed by atoms with Crippen LogP contribution in [0.25, 0.3) is 10.8 Å². The van der Waals surface area contributed by atoms with E-state index in [0.29, 0.717) is 5.39 Å². The molecule has 2 rings (SSSR count). The van der Waals surface area contributed by atoms with Gasteiger partial charge in [-0.1, -0.05) is 43.7 Å². The first-order valence-corrected chi connectivity index (χ1v) is 7.46. The molecule has 0 aliphatic carbocycles. The largest absolute Gasteiger partial charge is 0.344 e. The van der Waals surface area contributed by atoms with Crippen molar-refractivity contribution in [1.82, 2.24) is 6.15 Å². The first kappa shape index (κ1) is 15.6. The molecule has 0 heterocycles. The molecular formula is C14H19NO3S. The maximum Gasteiger partial charge on any atom is 0.295 e. The average Bonchev–Trinajstić information content (AvgIpc) is 2.34. The second-order valence-corrected chi connectivity index (χ2v) is 5.74. The van der Waals surface area contributed by atoms with Crippen LogP contribution in [0.3, 0.4) is 0 Å². The van der Waals surface area contributed by atoms with Gasteiger partial charge in [-0.25, -0.2) is 0 Å². The van der Waals surface area contributed by atoms with Crippen LogP contribution in [0, 0.1) is 0 Å². The highest BCUT2D eigenvalue weighted by Crippen LogP contribution is 2.27. The summed E-state index contributed by atoms with van der Waals surface area (Å²) in [5.41, 5.74) is 1.12. The Balaban J connectivity index is 0.00000180. The molecule has 0 aromatic heterocycles. The van der Waals surface area contributed by atoms with Crippen molar-refractivity contribution in [2.75, 3.05) is 0 Å². The van der Waals surface area contributed by atoms with E-state index < -0.39 is 10.1 Å².